The lowest BCUT2D eigenvalue weighted by Gasteiger charge is -2.14. The molecule has 1 N–H and O–H groups in total. The average molecular weight is 243 g/mol. The third kappa shape index (κ3) is 3.51. The van der Waals surface area contributed by atoms with E-state index >= 15 is 0 Å². The zero-order valence-corrected chi connectivity index (χ0v) is 11.0. The Balaban J connectivity index is 1.90. The van der Waals surface area contributed by atoms with Crippen molar-refractivity contribution in [3.63, 3.8) is 0 Å². The van der Waals surface area contributed by atoms with Crippen LogP contribution in [0.25, 0.3) is 0 Å². The van der Waals surface area contributed by atoms with Crippen LogP contribution in [0.5, 0.6) is 5.75 Å². The SMILES string of the molecule is C#CCOc1ccccc1CNC1CCC(C)C1. The molecule has 0 bridgehead atoms. The van der Waals surface area contributed by atoms with Crippen molar-refractivity contribution in [2.24, 2.45) is 5.92 Å². The van der Waals surface area contributed by atoms with E-state index in [9.17, 15) is 0 Å². The van der Waals surface area contributed by atoms with Gasteiger partial charge in [0, 0.05) is 18.2 Å². The molecule has 0 saturated heterocycles. The summed E-state index contributed by atoms with van der Waals surface area (Å²) in [7, 11) is 0. The Morgan fingerprint density at radius 1 is 1.39 bits per heavy atom. The molecule has 1 saturated carbocycles. The van der Waals surface area contributed by atoms with Gasteiger partial charge in [0.25, 0.3) is 0 Å². The number of hydrogen-bond acceptors (Lipinski definition) is 2. The fourth-order valence-electron chi connectivity index (χ4n) is 2.56. The molecule has 2 atom stereocenters. The third-order valence-corrected chi connectivity index (χ3v) is 3.56. The minimum absolute atomic E-state index is 0.331. The Morgan fingerprint density at radius 3 is 2.94 bits per heavy atom. The summed E-state index contributed by atoms with van der Waals surface area (Å²) in [6.45, 7) is 3.52. The lowest BCUT2D eigenvalue weighted by molar-refractivity contribution is 0.363. The number of para-hydroxylation sites is 1. The summed E-state index contributed by atoms with van der Waals surface area (Å²) >= 11 is 0. The van der Waals surface area contributed by atoms with E-state index in [-0.39, 0.29) is 0 Å². The summed E-state index contributed by atoms with van der Waals surface area (Å²) in [5.74, 6) is 4.26. The van der Waals surface area contributed by atoms with Gasteiger partial charge in [-0.25, -0.2) is 0 Å². The number of terminal acetylenes is 1. The van der Waals surface area contributed by atoms with Crippen LogP contribution in [-0.2, 0) is 6.54 Å². The number of nitrogens with one attached hydrogen (secondary N) is 1. The Kier molecular flexibility index (Phi) is 4.66. The molecular weight excluding hydrogens is 222 g/mol. The summed E-state index contributed by atoms with van der Waals surface area (Å²) in [5, 5.41) is 3.61. The summed E-state index contributed by atoms with van der Waals surface area (Å²) in [4.78, 5) is 0. The van der Waals surface area contributed by atoms with Crippen molar-refractivity contribution in [3.05, 3.63) is 29.8 Å². The molecular formula is C16H21NO. The number of rotatable bonds is 5. The zero-order chi connectivity index (χ0) is 12.8. The highest BCUT2D eigenvalue weighted by Gasteiger charge is 2.20. The zero-order valence-electron chi connectivity index (χ0n) is 11.0. The number of benzene rings is 1. The molecule has 0 aliphatic heterocycles. The van der Waals surface area contributed by atoms with Crippen molar-refractivity contribution in [3.8, 4) is 18.1 Å². The van der Waals surface area contributed by atoms with E-state index in [1.807, 2.05) is 18.2 Å². The molecule has 2 heteroatoms. The summed E-state index contributed by atoms with van der Waals surface area (Å²) in [6.07, 6.45) is 9.14. The van der Waals surface area contributed by atoms with Crippen LogP contribution in [0.1, 0.15) is 31.7 Å². The van der Waals surface area contributed by atoms with Gasteiger partial charge in [-0.15, -0.1) is 6.42 Å². The van der Waals surface area contributed by atoms with Crippen LogP contribution in [0.4, 0.5) is 0 Å². The highest BCUT2D eigenvalue weighted by molar-refractivity contribution is 5.33. The molecule has 0 heterocycles. The summed E-state index contributed by atoms with van der Waals surface area (Å²) < 4.78 is 5.55. The smallest absolute Gasteiger partial charge is 0.148 e. The predicted octanol–water partition coefficient (Wildman–Crippen LogP) is 2.98. The van der Waals surface area contributed by atoms with E-state index in [0.29, 0.717) is 12.6 Å². The minimum atomic E-state index is 0.331. The van der Waals surface area contributed by atoms with Crippen molar-refractivity contribution in [1.82, 2.24) is 5.32 Å². The highest BCUT2D eigenvalue weighted by atomic mass is 16.5. The fourth-order valence-corrected chi connectivity index (χ4v) is 2.56. The molecule has 1 aliphatic rings. The van der Waals surface area contributed by atoms with Crippen LogP contribution in [0.15, 0.2) is 24.3 Å². The molecule has 0 radical (unpaired) electrons. The van der Waals surface area contributed by atoms with Gasteiger partial charge < -0.3 is 10.1 Å². The van der Waals surface area contributed by atoms with Crippen molar-refractivity contribution in [2.75, 3.05) is 6.61 Å². The quantitative estimate of drug-likeness (QED) is 0.803. The van der Waals surface area contributed by atoms with Gasteiger partial charge in [-0.1, -0.05) is 31.0 Å². The standard InChI is InChI=1S/C16H21NO/c1-3-10-18-16-7-5-4-6-14(16)12-17-15-9-8-13(2)11-15/h1,4-7,13,15,17H,8-12H2,2H3. The van der Waals surface area contributed by atoms with Gasteiger partial charge in [0.2, 0.25) is 0 Å². The van der Waals surface area contributed by atoms with E-state index < -0.39 is 0 Å². The average Bonchev–Trinajstić information content (AvgIpc) is 2.81. The van der Waals surface area contributed by atoms with Gasteiger partial charge in [-0.05, 0) is 31.2 Å². The molecule has 1 fully saturated rings. The molecule has 96 valence electrons. The van der Waals surface area contributed by atoms with Crippen LogP contribution in [-0.4, -0.2) is 12.6 Å². The molecule has 0 spiro atoms. The second-order valence-corrected chi connectivity index (χ2v) is 5.10. The fraction of sp³-hybridized carbons (Fsp3) is 0.500. The van der Waals surface area contributed by atoms with Gasteiger partial charge in [0.1, 0.15) is 12.4 Å². The Hall–Kier alpha value is -1.46. The van der Waals surface area contributed by atoms with Gasteiger partial charge in [0.05, 0.1) is 0 Å². The van der Waals surface area contributed by atoms with E-state index in [2.05, 4.69) is 24.2 Å². The normalized spacial score (nSPS) is 22.7. The molecule has 2 nitrogen and oxygen atoms in total. The number of hydrogen-bond donors (Lipinski definition) is 1. The van der Waals surface area contributed by atoms with Crippen molar-refractivity contribution >= 4 is 0 Å². The third-order valence-electron chi connectivity index (χ3n) is 3.56. The van der Waals surface area contributed by atoms with Crippen LogP contribution < -0.4 is 10.1 Å². The molecule has 0 amide bonds. The first-order valence-corrected chi connectivity index (χ1v) is 6.67. The second-order valence-electron chi connectivity index (χ2n) is 5.10. The summed E-state index contributed by atoms with van der Waals surface area (Å²) in [5.41, 5.74) is 1.19. The Bertz CT molecular complexity index is 421. The Morgan fingerprint density at radius 2 is 2.22 bits per heavy atom. The van der Waals surface area contributed by atoms with E-state index in [0.717, 1.165) is 18.2 Å². The predicted molar refractivity (Wildman–Crippen MR) is 74.4 cm³/mol. The van der Waals surface area contributed by atoms with E-state index in [1.165, 1.54) is 24.8 Å². The maximum absolute atomic E-state index is 5.55. The van der Waals surface area contributed by atoms with Crippen LogP contribution >= 0.6 is 0 Å². The first-order chi connectivity index (χ1) is 8.79. The number of ether oxygens (including phenoxy) is 1. The van der Waals surface area contributed by atoms with Gasteiger partial charge in [0.15, 0.2) is 0 Å². The van der Waals surface area contributed by atoms with Crippen LogP contribution in [0.3, 0.4) is 0 Å². The highest BCUT2D eigenvalue weighted by Crippen LogP contribution is 2.25. The largest absolute Gasteiger partial charge is 0.481 e. The van der Waals surface area contributed by atoms with Crippen LogP contribution in [0.2, 0.25) is 0 Å². The molecule has 0 aromatic heterocycles. The van der Waals surface area contributed by atoms with E-state index in [1.54, 1.807) is 0 Å². The molecule has 2 rings (SSSR count). The first kappa shape index (κ1) is 13.0. The minimum Gasteiger partial charge on any atom is -0.481 e. The molecule has 1 aromatic rings. The lowest BCUT2D eigenvalue weighted by Crippen LogP contribution is -2.26. The summed E-state index contributed by atoms with van der Waals surface area (Å²) in [6, 6.07) is 8.74. The molecule has 2 unspecified atom stereocenters. The van der Waals surface area contributed by atoms with Gasteiger partial charge in [-0.2, -0.15) is 0 Å². The van der Waals surface area contributed by atoms with Crippen molar-refractivity contribution in [1.29, 1.82) is 0 Å². The maximum Gasteiger partial charge on any atom is 0.148 e. The van der Waals surface area contributed by atoms with Crippen molar-refractivity contribution in [2.45, 2.75) is 38.8 Å². The van der Waals surface area contributed by atoms with Crippen LogP contribution in [0, 0.1) is 18.3 Å². The monoisotopic (exact) mass is 243 g/mol. The Labute approximate surface area is 110 Å². The second kappa shape index (κ2) is 6.47. The first-order valence-electron chi connectivity index (χ1n) is 6.67. The molecule has 18 heavy (non-hydrogen) atoms. The molecule has 1 aromatic carbocycles. The molecule has 1 aliphatic carbocycles. The maximum atomic E-state index is 5.55. The van der Waals surface area contributed by atoms with Gasteiger partial charge in [-0.3, -0.25) is 0 Å². The van der Waals surface area contributed by atoms with Crippen molar-refractivity contribution < 1.29 is 4.74 Å². The lowest BCUT2D eigenvalue weighted by atomic mass is 10.1. The van der Waals surface area contributed by atoms with Gasteiger partial charge >= 0.3 is 0 Å². The topological polar surface area (TPSA) is 21.3 Å². The van der Waals surface area contributed by atoms with E-state index in [4.69, 9.17) is 11.2 Å².